The zero-order valence-electron chi connectivity index (χ0n) is 19.1. The summed E-state index contributed by atoms with van der Waals surface area (Å²) in [6.07, 6.45) is 1.66. The number of nitrogens with one attached hydrogen (secondary N) is 1. The van der Waals surface area contributed by atoms with Crippen LogP contribution in [0.3, 0.4) is 0 Å². The van der Waals surface area contributed by atoms with Gasteiger partial charge in [-0.3, -0.25) is 19.8 Å². The molecule has 1 aromatic heterocycles. The van der Waals surface area contributed by atoms with Crippen molar-refractivity contribution in [3.8, 4) is 5.69 Å². The molecular weight excluding hydrogens is 545 g/mol. The average molecular weight is 569 g/mol. The molecule has 1 aliphatic heterocycles. The number of hydrogen-bond acceptors (Lipinski definition) is 3. The molecule has 0 radical (unpaired) electrons. The van der Waals surface area contributed by atoms with Crippen molar-refractivity contribution in [2.24, 2.45) is 0 Å². The largest absolute Gasteiger partial charge is 0.318 e. The highest BCUT2D eigenvalue weighted by Crippen LogP contribution is 2.28. The van der Waals surface area contributed by atoms with Crippen molar-refractivity contribution in [1.82, 2.24) is 9.88 Å². The number of carbonyl (C=O) groups excluding carboxylic acids is 2. The zero-order valence-corrected chi connectivity index (χ0v) is 22.1. The van der Waals surface area contributed by atoms with Crippen molar-refractivity contribution in [2.75, 3.05) is 4.90 Å². The molecule has 4 rings (SSSR count). The first-order valence-electron chi connectivity index (χ1n) is 10.5. The van der Waals surface area contributed by atoms with Gasteiger partial charge in [0.15, 0.2) is 5.11 Å². The van der Waals surface area contributed by atoms with Crippen LogP contribution >= 0.6 is 34.8 Å². The summed E-state index contributed by atoms with van der Waals surface area (Å²) < 4.78 is 3.33. The fourth-order valence-corrected chi connectivity index (χ4v) is 4.63. The Balaban J connectivity index is 1.77. The van der Waals surface area contributed by atoms with Crippen LogP contribution in [-0.4, -0.2) is 21.5 Å². The minimum Gasteiger partial charge on any atom is -0.318 e. The van der Waals surface area contributed by atoms with Gasteiger partial charge in [-0.15, -0.1) is 0 Å². The number of amides is 2. The number of aryl methyl sites for hydroxylation is 4. The molecule has 5 nitrogen and oxygen atoms in total. The molecule has 2 amide bonds. The van der Waals surface area contributed by atoms with Crippen molar-refractivity contribution in [2.45, 2.75) is 34.6 Å². The van der Waals surface area contributed by atoms with Crippen molar-refractivity contribution in [3.05, 3.63) is 85.2 Å². The van der Waals surface area contributed by atoms with Gasteiger partial charge in [0.05, 0.1) is 5.69 Å². The number of carbonyl (C=O) groups is 2. The average Bonchev–Trinajstić information content (AvgIpc) is 3.03. The topological polar surface area (TPSA) is 54.3 Å². The highest BCUT2D eigenvalue weighted by molar-refractivity contribution is 14.1. The van der Waals surface area contributed by atoms with E-state index in [0.717, 1.165) is 33.8 Å². The maximum absolute atomic E-state index is 13.4. The Morgan fingerprint density at radius 3 is 2.21 bits per heavy atom. The van der Waals surface area contributed by atoms with Gasteiger partial charge in [0.25, 0.3) is 11.8 Å². The van der Waals surface area contributed by atoms with Crippen LogP contribution in [0.4, 0.5) is 5.69 Å². The van der Waals surface area contributed by atoms with Crippen LogP contribution in [0.5, 0.6) is 0 Å². The van der Waals surface area contributed by atoms with E-state index in [1.807, 2.05) is 52.0 Å². The van der Waals surface area contributed by atoms with Crippen molar-refractivity contribution >= 4 is 63.5 Å². The summed E-state index contributed by atoms with van der Waals surface area (Å²) in [5.74, 6) is -0.915. The molecule has 1 aliphatic rings. The molecule has 1 saturated heterocycles. The first kappa shape index (κ1) is 23.4. The summed E-state index contributed by atoms with van der Waals surface area (Å²) in [6, 6.07) is 14.0. The Bertz CT molecular complexity index is 1370. The number of thiocarbonyl (C=S) groups is 1. The minimum absolute atomic E-state index is 0.0564. The second-order valence-electron chi connectivity index (χ2n) is 8.32. The molecule has 2 aromatic carbocycles. The van der Waals surface area contributed by atoms with Gasteiger partial charge in [-0.2, -0.15) is 0 Å². The first-order valence-corrected chi connectivity index (χ1v) is 12.0. The molecule has 0 bridgehead atoms. The van der Waals surface area contributed by atoms with Crippen LogP contribution in [0.1, 0.15) is 33.6 Å². The molecule has 0 atom stereocenters. The Morgan fingerprint density at radius 1 is 0.879 bits per heavy atom. The third-order valence-electron chi connectivity index (χ3n) is 6.02. The fraction of sp³-hybridized carbons (Fsp3) is 0.192. The van der Waals surface area contributed by atoms with Gasteiger partial charge < -0.3 is 4.57 Å². The van der Waals surface area contributed by atoms with E-state index in [2.05, 4.69) is 57.6 Å². The maximum atomic E-state index is 13.4. The Hall–Kier alpha value is -2.78. The van der Waals surface area contributed by atoms with E-state index in [0.29, 0.717) is 5.69 Å². The normalized spacial score (nSPS) is 15.4. The van der Waals surface area contributed by atoms with Gasteiger partial charge >= 0.3 is 0 Å². The summed E-state index contributed by atoms with van der Waals surface area (Å²) in [5, 5.41) is 2.76. The van der Waals surface area contributed by atoms with Crippen molar-refractivity contribution in [3.63, 3.8) is 0 Å². The van der Waals surface area contributed by atoms with Gasteiger partial charge in [-0.05, 0) is 134 Å². The summed E-state index contributed by atoms with van der Waals surface area (Å²) in [4.78, 5) is 27.5. The Labute approximate surface area is 212 Å². The van der Waals surface area contributed by atoms with E-state index in [4.69, 9.17) is 12.2 Å². The molecule has 2 heterocycles. The van der Waals surface area contributed by atoms with Crippen LogP contribution in [0.2, 0.25) is 0 Å². The lowest BCUT2D eigenvalue weighted by molar-refractivity contribution is -0.122. The molecule has 0 aliphatic carbocycles. The number of anilines is 1. The standard InChI is InChI=1S/C26H24IN3O2S/c1-14-6-7-21(10-15(14)2)30-25(32)22(24(31)28-26(30)33)13-19-12-17(4)29(18(19)5)20-8-9-23(27)16(3)11-20/h6-13H,1-5H3,(H,28,31,33). The lowest BCUT2D eigenvalue weighted by atomic mass is 10.1. The molecule has 1 fully saturated rings. The molecule has 0 spiro atoms. The van der Waals surface area contributed by atoms with E-state index in [1.165, 1.54) is 14.0 Å². The second kappa shape index (κ2) is 8.87. The van der Waals surface area contributed by atoms with E-state index in [9.17, 15) is 9.59 Å². The van der Waals surface area contributed by atoms with Gasteiger partial charge in [-0.1, -0.05) is 6.07 Å². The third kappa shape index (κ3) is 4.27. The monoisotopic (exact) mass is 569 g/mol. The molecule has 0 saturated carbocycles. The van der Waals surface area contributed by atoms with Crippen LogP contribution in [0, 0.1) is 38.2 Å². The van der Waals surface area contributed by atoms with Crippen LogP contribution in [-0.2, 0) is 9.59 Å². The quantitative estimate of drug-likeness (QED) is 0.198. The molecule has 33 heavy (non-hydrogen) atoms. The summed E-state index contributed by atoms with van der Waals surface area (Å²) in [6.45, 7) is 10.1. The lowest BCUT2D eigenvalue weighted by Crippen LogP contribution is -2.54. The molecule has 7 heteroatoms. The maximum Gasteiger partial charge on any atom is 0.270 e. The van der Waals surface area contributed by atoms with E-state index in [-0.39, 0.29) is 10.7 Å². The van der Waals surface area contributed by atoms with Crippen LogP contribution in [0.25, 0.3) is 11.8 Å². The van der Waals surface area contributed by atoms with E-state index < -0.39 is 11.8 Å². The summed E-state index contributed by atoms with van der Waals surface area (Å²) in [5.41, 5.74) is 7.88. The lowest BCUT2D eigenvalue weighted by Gasteiger charge is -2.29. The van der Waals surface area contributed by atoms with E-state index in [1.54, 1.807) is 6.08 Å². The predicted octanol–water partition coefficient (Wildman–Crippen LogP) is 5.46. The Morgan fingerprint density at radius 2 is 1.55 bits per heavy atom. The molecule has 3 aromatic rings. The SMILES string of the molecule is Cc1ccc(N2C(=O)C(=Cc3cc(C)n(-c4ccc(I)c(C)c4)c3C)C(=O)NC2=S)cc1C. The number of rotatable bonds is 3. The number of halogens is 1. The first-order chi connectivity index (χ1) is 15.6. The van der Waals surface area contributed by atoms with Gasteiger partial charge in [-0.25, -0.2) is 0 Å². The van der Waals surface area contributed by atoms with Crippen LogP contribution < -0.4 is 10.2 Å². The highest BCUT2D eigenvalue weighted by Gasteiger charge is 2.34. The summed E-state index contributed by atoms with van der Waals surface area (Å²) >= 11 is 7.66. The second-order valence-corrected chi connectivity index (χ2v) is 9.87. The Kier molecular flexibility index (Phi) is 6.28. The van der Waals surface area contributed by atoms with Gasteiger partial charge in [0.1, 0.15) is 5.57 Å². The zero-order chi connectivity index (χ0) is 24.0. The van der Waals surface area contributed by atoms with Crippen LogP contribution in [0.15, 0.2) is 48.0 Å². The predicted molar refractivity (Wildman–Crippen MR) is 145 cm³/mol. The fourth-order valence-electron chi connectivity index (χ4n) is 4.01. The molecule has 0 unspecified atom stereocenters. The van der Waals surface area contributed by atoms with Gasteiger partial charge in [0, 0.05) is 20.6 Å². The minimum atomic E-state index is -0.486. The third-order valence-corrected chi connectivity index (χ3v) is 7.52. The number of nitrogens with zero attached hydrogens (tertiary/aromatic N) is 2. The highest BCUT2D eigenvalue weighted by atomic mass is 127. The molecular formula is C26H24IN3O2S. The van der Waals surface area contributed by atoms with Gasteiger partial charge in [0.2, 0.25) is 0 Å². The number of hydrogen-bond donors (Lipinski definition) is 1. The van der Waals surface area contributed by atoms with Crippen molar-refractivity contribution in [1.29, 1.82) is 0 Å². The smallest absolute Gasteiger partial charge is 0.270 e. The molecule has 168 valence electrons. The van der Waals surface area contributed by atoms with Crippen molar-refractivity contribution < 1.29 is 9.59 Å². The number of aromatic nitrogens is 1. The molecule has 1 N–H and O–H groups in total. The van der Waals surface area contributed by atoms with E-state index >= 15 is 0 Å². The summed E-state index contributed by atoms with van der Waals surface area (Å²) in [7, 11) is 0. The number of benzene rings is 2.